The van der Waals surface area contributed by atoms with Crippen LogP contribution in [0.4, 0.5) is 0 Å². The average Bonchev–Trinajstić information content (AvgIpc) is 2.83. The van der Waals surface area contributed by atoms with Crippen LogP contribution in [-0.2, 0) is 0 Å². The quantitative estimate of drug-likeness (QED) is 0.867. The molecule has 4 aliphatic rings. The Morgan fingerprint density at radius 3 is 2.33 bits per heavy atom. The van der Waals surface area contributed by atoms with Crippen LogP contribution < -0.4 is 0 Å². The van der Waals surface area contributed by atoms with E-state index in [4.69, 9.17) is 0 Å². The fraction of sp³-hybridized carbons (Fsp3) is 0.556. The third-order valence-corrected chi connectivity index (χ3v) is 5.79. The second kappa shape index (κ2) is 3.71. The second-order valence-corrected chi connectivity index (χ2v) is 8.27. The Bertz CT molecular complexity index is 680. The Morgan fingerprint density at radius 1 is 1.00 bits per heavy atom. The van der Waals surface area contributed by atoms with Crippen molar-refractivity contribution in [1.82, 2.24) is 14.8 Å². The molecule has 4 fully saturated rings. The molecule has 3 heteroatoms. The lowest BCUT2D eigenvalue weighted by molar-refractivity contribution is -0.194. The fourth-order valence-corrected chi connectivity index (χ4v) is 5.73. The first-order chi connectivity index (χ1) is 10.1. The van der Waals surface area contributed by atoms with Gasteiger partial charge in [0.25, 0.3) is 0 Å². The van der Waals surface area contributed by atoms with E-state index in [9.17, 15) is 0 Å². The van der Waals surface area contributed by atoms with Crippen LogP contribution in [0.1, 0.15) is 32.0 Å². The van der Waals surface area contributed by atoms with Crippen LogP contribution in [0.5, 0.6) is 0 Å². The molecule has 2 aromatic rings. The van der Waals surface area contributed by atoms with E-state index in [2.05, 4.69) is 59.1 Å². The van der Waals surface area contributed by atoms with Crippen molar-refractivity contribution < 1.29 is 0 Å². The lowest BCUT2D eigenvalue weighted by Crippen LogP contribution is -2.70. The summed E-state index contributed by atoms with van der Waals surface area (Å²) in [5.41, 5.74) is 3.74. The van der Waals surface area contributed by atoms with Crippen LogP contribution in [0.15, 0.2) is 30.5 Å². The number of benzene rings is 1. The van der Waals surface area contributed by atoms with Gasteiger partial charge in [0, 0.05) is 43.3 Å². The molecule has 110 valence electrons. The van der Waals surface area contributed by atoms with Crippen LogP contribution in [-0.4, -0.2) is 41.0 Å². The van der Waals surface area contributed by atoms with Gasteiger partial charge < -0.3 is 4.98 Å². The number of aromatic nitrogens is 1. The number of nitrogens with zero attached hydrogens (tertiary/aromatic N) is 2. The van der Waals surface area contributed by atoms with E-state index >= 15 is 0 Å². The van der Waals surface area contributed by atoms with Gasteiger partial charge in [0.2, 0.25) is 0 Å². The second-order valence-electron chi connectivity index (χ2n) is 8.27. The Hall–Kier alpha value is -1.32. The number of H-pyrrole nitrogens is 1. The smallest absolute Gasteiger partial charge is 0.0893 e. The summed E-state index contributed by atoms with van der Waals surface area (Å²) in [4.78, 5) is 8.83. The van der Waals surface area contributed by atoms with Crippen molar-refractivity contribution in [2.24, 2.45) is 10.8 Å². The molecule has 0 unspecified atom stereocenters. The van der Waals surface area contributed by atoms with Gasteiger partial charge in [0.1, 0.15) is 0 Å². The number of hydrogen-bond donors (Lipinski definition) is 1. The first kappa shape index (κ1) is 12.2. The minimum atomic E-state index is 0.478. The van der Waals surface area contributed by atoms with Crippen LogP contribution in [0.25, 0.3) is 10.9 Å². The molecule has 3 nitrogen and oxygen atoms in total. The Balaban J connectivity index is 1.64. The van der Waals surface area contributed by atoms with Crippen LogP contribution >= 0.6 is 0 Å². The predicted molar refractivity (Wildman–Crippen MR) is 85.0 cm³/mol. The predicted octanol–water partition coefficient (Wildman–Crippen LogP) is 3.21. The molecular formula is C18H23N3. The Morgan fingerprint density at radius 2 is 1.67 bits per heavy atom. The van der Waals surface area contributed by atoms with Gasteiger partial charge in [-0.1, -0.05) is 26.0 Å². The van der Waals surface area contributed by atoms with Gasteiger partial charge in [0.05, 0.1) is 6.17 Å². The summed E-state index contributed by atoms with van der Waals surface area (Å²) in [6.07, 6.45) is 3.94. The third-order valence-electron chi connectivity index (χ3n) is 5.79. The lowest BCUT2D eigenvalue weighted by Gasteiger charge is -2.66. The maximum absolute atomic E-state index is 3.36. The molecule has 0 atom stereocenters. The summed E-state index contributed by atoms with van der Waals surface area (Å²) < 4.78 is 0. The van der Waals surface area contributed by atoms with Gasteiger partial charge in [-0.2, -0.15) is 0 Å². The number of piperidine rings is 2. The molecule has 5 heterocycles. The molecule has 1 aromatic heterocycles. The van der Waals surface area contributed by atoms with Crippen LogP contribution in [0.2, 0.25) is 0 Å². The maximum Gasteiger partial charge on any atom is 0.0893 e. The van der Waals surface area contributed by atoms with Crippen molar-refractivity contribution >= 4 is 10.9 Å². The van der Waals surface area contributed by atoms with Gasteiger partial charge in [-0.15, -0.1) is 0 Å². The Kier molecular flexibility index (Phi) is 2.16. The SMILES string of the molecule is CC12CN3CC(C)(CN(C1)C3c1cccc3[nH]ccc13)C2. The summed E-state index contributed by atoms with van der Waals surface area (Å²) in [5, 5.41) is 1.39. The first-order valence-electron chi connectivity index (χ1n) is 8.10. The summed E-state index contributed by atoms with van der Waals surface area (Å²) in [6, 6.07) is 8.95. The number of nitrogens with one attached hydrogen (secondary N) is 1. The summed E-state index contributed by atoms with van der Waals surface area (Å²) in [7, 11) is 0. The molecule has 21 heavy (non-hydrogen) atoms. The van der Waals surface area contributed by atoms with Crippen LogP contribution in [0.3, 0.4) is 0 Å². The van der Waals surface area contributed by atoms with Crippen LogP contribution in [0, 0.1) is 10.8 Å². The van der Waals surface area contributed by atoms with Gasteiger partial charge >= 0.3 is 0 Å². The molecule has 0 saturated carbocycles. The largest absolute Gasteiger partial charge is 0.361 e. The van der Waals surface area contributed by atoms with E-state index in [1.165, 1.54) is 49.1 Å². The number of hydrogen-bond acceptors (Lipinski definition) is 2. The van der Waals surface area contributed by atoms with E-state index in [1.807, 2.05) is 0 Å². The zero-order valence-corrected chi connectivity index (χ0v) is 12.9. The third kappa shape index (κ3) is 1.62. The topological polar surface area (TPSA) is 22.3 Å². The molecule has 1 N–H and O–H groups in total. The molecule has 1 aromatic carbocycles. The highest BCUT2D eigenvalue weighted by Crippen LogP contribution is 2.54. The van der Waals surface area contributed by atoms with Gasteiger partial charge in [-0.3, -0.25) is 9.80 Å². The minimum absolute atomic E-state index is 0.478. The van der Waals surface area contributed by atoms with E-state index in [0.29, 0.717) is 17.0 Å². The number of fused-ring (bicyclic) bond motifs is 1. The molecule has 0 amide bonds. The monoisotopic (exact) mass is 281 g/mol. The number of rotatable bonds is 1. The summed E-state index contributed by atoms with van der Waals surface area (Å²) in [6.45, 7) is 9.98. The van der Waals surface area contributed by atoms with Gasteiger partial charge in [-0.25, -0.2) is 0 Å². The molecular weight excluding hydrogens is 258 g/mol. The van der Waals surface area contributed by atoms with Crippen molar-refractivity contribution in [3.8, 4) is 0 Å². The number of aromatic amines is 1. The molecule has 0 aliphatic carbocycles. The van der Waals surface area contributed by atoms with E-state index in [0.717, 1.165) is 0 Å². The summed E-state index contributed by atoms with van der Waals surface area (Å²) in [5.74, 6) is 0. The van der Waals surface area contributed by atoms with E-state index < -0.39 is 0 Å². The average molecular weight is 281 g/mol. The first-order valence-corrected chi connectivity index (χ1v) is 8.10. The molecule has 4 aliphatic heterocycles. The van der Waals surface area contributed by atoms with Crippen molar-refractivity contribution in [2.75, 3.05) is 26.2 Å². The highest BCUT2D eigenvalue weighted by Gasteiger charge is 2.56. The van der Waals surface area contributed by atoms with Gasteiger partial charge in [0.15, 0.2) is 0 Å². The molecule has 4 bridgehead atoms. The van der Waals surface area contributed by atoms with Crippen molar-refractivity contribution in [3.63, 3.8) is 0 Å². The van der Waals surface area contributed by atoms with E-state index in [1.54, 1.807) is 0 Å². The highest BCUT2D eigenvalue weighted by atomic mass is 15.4. The molecule has 6 rings (SSSR count). The summed E-state index contributed by atoms with van der Waals surface area (Å²) >= 11 is 0. The Labute approximate surface area is 125 Å². The lowest BCUT2D eigenvalue weighted by atomic mass is 9.63. The fourth-order valence-electron chi connectivity index (χ4n) is 5.73. The maximum atomic E-state index is 3.36. The van der Waals surface area contributed by atoms with Crippen molar-refractivity contribution in [1.29, 1.82) is 0 Å². The van der Waals surface area contributed by atoms with Gasteiger partial charge in [-0.05, 0) is 34.9 Å². The highest BCUT2D eigenvalue weighted by molar-refractivity contribution is 5.83. The normalized spacial score (nSPS) is 44.6. The zero-order chi connectivity index (χ0) is 14.2. The van der Waals surface area contributed by atoms with Crippen molar-refractivity contribution in [2.45, 2.75) is 26.4 Å². The minimum Gasteiger partial charge on any atom is -0.361 e. The standard InChI is InChI=1S/C18H23N3/c1-17-8-18(2)11-20(9-17)16(21(10-17)12-18)14-4-3-5-15-13(14)6-7-19-15/h3-7,16,19H,8-12H2,1-2H3. The molecule has 0 radical (unpaired) electrons. The molecule has 4 saturated heterocycles. The van der Waals surface area contributed by atoms with E-state index in [-0.39, 0.29) is 0 Å². The molecule has 0 spiro atoms. The van der Waals surface area contributed by atoms with Crippen molar-refractivity contribution in [3.05, 3.63) is 36.0 Å². The zero-order valence-electron chi connectivity index (χ0n) is 12.9.